The molecule has 0 radical (unpaired) electrons. The Kier molecular flexibility index (Phi) is 9.70. The van der Waals surface area contributed by atoms with Crippen molar-refractivity contribution in [3.63, 3.8) is 0 Å². The third-order valence-electron chi connectivity index (χ3n) is 4.94. The molecule has 0 saturated heterocycles. The second-order valence-corrected chi connectivity index (χ2v) is 7.51. The fraction of sp³-hybridized carbons (Fsp3) is 0.308. The van der Waals surface area contributed by atoms with Crippen molar-refractivity contribution >= 4 is 35.1 Å². The van der Waals surface area contributed by atoms with Gasteiger partial charge in [-0.2, -0.15) is 0 Å². The molecular weight excluding hydrogens is 440 g/mol. The van der Waals surface area contributed by atoms with Gasteiger partial charge in [-0.25, -0.2) is 4.79 Å². The molecular formula is C26H28O8. The molecule has 0 fully saturated rings. The molecule has 3 rings (SSSR count). The van der Waals surface area contributed by atoms with Gasteiger partial charge in [0.15, 0.2) is 6.29 Å². The number of methoxy groups -OCH3 is 2. The molecule has 8 heteroatoms. The van der Waals surface area contributed by atoms with Crippen LogP contribution in [0.3, 0.4) is 0 Å². The van der Waals surface area contributed by atoms with Gasteiger partial charge in [-0.3, -0.25) is 9.59 Å². The van der Waals surface area contributed by atoms with Gasteiger partial charge in [0.1, 0.15) is 23.4 Å². The van der Waals surface area contributed by atoms with Crippen molar-refractivity contribution in [2.24, 2.45) is 5.92 Å². The Morgan fingerprint density at radius 2 is 1.94 bits per heavy atom. The summed E-state index contributed by atoms with van der Waals surface area (Å²) < 4.78 is 21.3. The molecule has 8 nitrogen and oxygen atoms in total. The van der Waals surface area contributed by atoms with Crippen LogP contribution in [0, 0.1) is 5.92 Å². The normalized spacial score (nSPS) is 15.4. The molecule has 0 N–H and O–H groups in total. The number of benzene rings is 1. The molecule has 0 bridgehead atoms. The van der Waals surface area contributed by atoms with Gasteiger partial charge in [0, 0.05) is 36.6 Å². The van der Waals surface area contributed by atoms with Crippen LogP contribution < -0.4 is 10.4 Å². The van der Waals surface area contributed by atoms with Crippen LogP contribution in [0.4, 0.5) is 0 Å². The highest BCUT2D eigenvalue weighted by Gasteiger charge is 2.19. The Bertz CT molecular complexity index is 1210. The van der Waals surface area contributed by atoms with Crippen molar-refractivity contribution in [3.8, 4) is 5.75 Å². The standard InChI is InChI=1S/C24H24O7.C2H4O/c1-14-5-7-21(29-4)16(9-14)10-17(12-25)19-11-23(27)31-24-18(19)6-8-22(30-15(2)26)20(24)13-28-3;1-2-3/h5-8,10-12,14H,9,13H2,1-4H3;2H,1H3/b17-10+;. The molecule has 1 heterocycles. The molecule has 1 aromatic heterocycles. The summed E-state index contributed by atoms with van der Waals surface area (Å²) in [7, 11) is 3.05. The number of aldehydes is 2. The Morgan fingerprint density at radius 3 is 2.53 bits per heavy atom. The van der Waals surface area contributed by atoms with Gasteiger partial charge < -0.3 is 23.4 Å². The van der Waals surface area contributed by atoms with Gasteiger partial charge in [0.05, 0.1) is 19.3 Å². The molecule has 0 amide bonds. The number of ether oxygens (including phenoxy) is 3. The zero-order valence-electron chi connectivity index (χ0n) is 19.9. The number of carbonyl (C=O) groups excluding carboxylic acids is 3. The number of carbonyl (C=O) groups is 3. The second kappa shape index (κ2) is 12.5. The zero-order valence-corrected chi connectivity index (χ0v) is 19.9. The minimum atomic E-state index is -0.634. The van der Waals surface area contributed by atoms with Crippen molar-refractivity contribution < 1.29 is 33.0 Å². The van der Waals surface area contributed by atoms with Gasteiger partial charge in [-0.05, 0) is 49.1 Å². The van der Waals surface area contributed by atoms with E-state index < -0.39 is 11.6 Å². The van der Waals surface area contributed by atoms with Crippen molar-refractivity contribution in [2.45, 2.75) is 33.8 Å². The molecule has 34 heavy (non-hydrogen) atoms. The maximum Gasteiger partial charge on any atom is 0.336 e. The Hall–Kier alpha value is -3.78. The van der Waals surface area contributed by atoms with E-state index in [1.807, 2.05) is 12.2 Å². The second-order valence-electron chi connectivity index (χ2n) is 7.51. The van der Waals surface area contributed by atoms with E-state index in [2.05, 4.69) is 6.92 Å². The molecule has 1 aliphatic carbocycles. The SMILES string of the molecule is CC=O.COCc1c(OC(C)=O)ccc2c(/C(C=O)=C/C3=C(OC)C=CC(C)C3)cc(=O)oc12. The summed E-state index contributed by atoms with van der Waals surface area (Å²) in [6.45, 7) is 4.84. The molecule has 1 aliphatic rings. The molecule has 0 spiro atoms. The minimum absolute atomic E-state index is 0.0494. The average molecular weight is 469 g/mol. The predicted octanol–water partition coefficient (Wildman–Crippen LogP) is 4.15. The summed E-state index contributed by atoms with van der Waals surface area (Å²) in [4.78, 5) is 44.7. The van der Waals surface area contributed by atoms with Gasteiger partial charge in [0.25, 0.3) is 0 Å². The van der Waals surface area contributed by atoms with Crippen molar-refractivity contribution in [2.75, 3.05) is 14.2 Å². The predicted molar refractivity (Wildman–Crippen MR) is 127 cm³/mol. The molecule has 0 saturated carbocycles. The Balaban J connectivity index is 0.00000129. The highest BCUT2D eigenvalue weighted by molar-refractivity contribution is 6.13. The monoisotopic (exact) mass is 468 g/mol. The first kappa shape index (κ1) is 26.5. The number of esters is 1. The summed E-state index contributed by atoms with van der Waals surface area (Å²) in [5.41, 5.74) is 1.56. The molecule has 1 atom stereocenters. The average Bonchev–Trinajstić information content (AvgIpc) is 2.79. The van der Waals surface area contributed by atoms with E-state index in [9.17, 15) is 14.4 Å². The van der Waals surface area contributed by atoms with E-state index in [1.54, 1.807) is 25.3 Å². The van der Waals surface area contributed by atoms with Crippen molar-refractivity contribution in [3.05, 3.63) is 69.3 Å². The van der Waals surface area contributed by atoms with Crippen LogP contribution in [0.15, 0.2) is 57.0 Å². The smallest absolute Gasteiger partial charge is 0.336 e. The maximum absolute atomic E-state index is 12.4. The first-order valence-corrected chi connectivity index (χ1v) is 10.6. The fourth-order valence-corrected chi connectivity index (χ4v) is 3.60. The lowest BCUT2D eigenvalue weighted by Crippen LogP contribution is -2.08. The van der Waals surface area contributed by atoms with E-state index in [0.29, 0.717) is 40.6 Å². The summed E-state index contributed by atoms with van der Waals surface area (Å²) in [5, 5.41) is 0.528. The van der Waals surface area contributed by atoms with Crippen molar-refractivity contribution in [1.29, 1.82) is 0 Å². The number of hydrogen-bond acceptors (Lipinski definition) is 8. The van der Waals surface area contributed by atoms with Crippen LogP contribution in [0.25, 0.3) is 16.5 Å². The van der Waals surface area contributed by atoms with Gasteiger partial charge in [0.2, 0.25) is 0 Å². The number of hydrogen-bond donors (Lipinski definition) is 0. The first-order chi connectivity index (χ1) is 16.3. The van der Waals surface area contributed by atoms with Crippen LogP contribution in [0.2, 0.25) is 0 Å². The van der Waals surface area contributed by atoms with Gasteiger partial charge in [-0.1, -0.05) is 13.0 Å². The van der Waals surface area contributed by atoms with E-state index in [1.165, 1.54) is 27.0 Å². The van der Waals surface area contributed by atoms with Crippen LogP contribution in [-0.4, -0.2) is 32.8 Å². The summed E-state index contributed by atoms with van der Waals surface area (Å²) >= 11 is 0. The van der Waals surface area contributed by atoms with Gasteiger partial charge in [-0.15, -0.1) is 0 Å². The summed E-state index contributed by atoms with van der Waals surface area (Å²) in [5.74, 6) is 0.675. The Labute approximate surface area is 197 Å². The minimum Gasteiger partial charge on any atom is -0.496 e. The van der Waals surface area contributed by atoms with Crippen LogP contribution >= 0.6 is 0 Å². The van der Waals surface area contributed by atoms with E-state index >= 15 is 0 Å². The maximum atomic E-state index is 12.4. The van der Waals surface area contributed by atoms with Crippen LogP contribution in [-0.2, 0) is 30.5 Å². The quantitative estimate of drug-likeness (QED) is 0.196. The van der Waals surface area contributed by atoms with E-state index in [0.717, 1.165) is 11.9 Å². The first-order valence-electron chi connectivity index (χ1n) is 10.6. The molecule has 2 aromatic rings. The Morgan fingerprint density at radius 1 is 1.24 bits per heavy atom. The molecule has 1 aromatic carbocycles. The lowest BCUT2D eigenvalue weighted by molar-refractivity contribution is -0.132. The van der Waals surface area contributed by atoms with Crippen LogP contribution in [0.1, 0.15) is 38.3 Å². The molecule has 1 unspecified atom stereocenters. The topological polar surface area (TPSA) is 109 Å². The van der Waals surface area contributed by atoms with Gasteiger partial charge >= 0.3 is 11.6 Å². The number of rotatable bonds is 7. The summed E-state index contributed by atoms with van der Waals surface area (Å²) in [6, 6.07) is 4.52. The third kappa shape index (κ3) is 6.39. The van der Waals surface area contributed by atoms with E-state index in [-0.39, 0.29) is 23.9 Å². The largest absolute Gasteiger partial charge is 0.496 e. The lowest BCUT2D eigenvalue weighted by atomic mass is 9.91. The van der Waals surface area contributed by atoms with E-state index in [4.69, 9.17) is 23.4 Å². The van der Waals surface area contributed by atoms with Crippen molar-refractivity contribution in [1.82, 2.24) is 0 Å². The lowest BCUT2D eigenvalue weighted by Gasteiger charge is -2.18. The van der Waals surface area contributed by atoms with Crippen LogP contribution in [0.5, 0.6) is 5.75 Å². The summed E-state index contributed by atoms with van der Waals surface area (Å²) in [6.07, 6.45) is 7.80. The third-order valence-corrected chi connectivity index (χ3v) is 4.94. The highest BCUT2D eigenvalue weighted by Crippen LogP contribution is 2.34. The zero-order chi connectivity index (χ0) is 25.3. The fourth-order valence-electron chi connectivity index (χ4n) is 3.60. The molecule has 180 valence electrons. The molecule has 0 aliphatic heterocycles. The highest BCUT2D eigenvalue weighted by atomic mass is 16.5. The number of allylic oxidation sites excluding steroid dienone is 5. The number of fused-ring (bicyclic) bond motifs is 1.